The van der Waals surface area contributed by atoms with Crippen LogP contribution in [0.3, 0.4) is 0 Å². The van der Waals surface area contributed by atoms with Gasteiger partial charge in [0.2, 0.25) is 0 Å². The Balaban J connectivity index is 0.000000572. The lowest BCUT2D eigenvalue weighted by Gasteiger charge is -2.26. The highest BCUT2D eigenvalue weighted by Gasteiger charge is 2.17. The molecule has 1 fully saturated rings. The molecule has 0 radical (unpaired) electrons. The number of nitrogens with one attached hydrogen (secondary N) is 2. The molecule has 36 heavy (non-hydrogen) atoms. The first kappa shape index (κ1) is 28.2. The molecule has 1 aliphatic rings. The van der Waals surface area contributed by atoms with E-state index in [1.807, 2.05) is 0 Å². The Morgan fingerprint density at radius 1 is 1.00 bits per heavy atom. The van der Waals surface area contributed by atoms with Crippen LogP contribution in [0.5, 0.6) is 5.75 Å². The number of methoxy groups -OCH3 is 1. The average Bonchev–Trinajstić information content (AvgIpc) is 2.84. The van der Waals surface area contributed by atoms with Crippen molar-refractivity contribution >= 4 is 29.4 Å². The van der Waals surface area contributed by atoms with Crippen LogP contribution in [-0.4, -0.2) is 85.4 Å². The number of carbonyl (C=O) groups is 4. The number of anilines is 1. The van der Waals surface area contributed by atoms with Gasteiger partial charge in [0.15, 0.2) is 0 Å². The zero-order valence-electron chi connectivity index (χ0n) is 19.7. The molecule has 0 spiro atoms. The molecule has 0 saturated carbocycles. The fourth-order valence-electron chi connectivity index (χ4n) is 3.16. The third-order valence-electron chi connectivity index (χ3n) is 4.96. The first-order chi connectivity index (χ1) is 17.2. The number of nitrogens with zero attached hydrogens (tertiary/aromatic N) is 1. The highest BCUT2D eigenvalue weighted by atomic mass is 19.1. The van der Waals surface area contributed by atoms with Gasteiger partial charge in [0, 0.05) is 32.2 Å². The van der Waals surface area contributed by atoms with Gasteiger partial charge in [-0.2, -0.15) is 0 Å². The Hall–Kier alpha value is -4.03. The van der Waals surface area contributed by atoms with Gasteiger partial charge in [-0.25, -0.2) is 4.39 Å². The minimum Gasteiger partial charge on any atom is -0.497 e. The minimum atomic E-state index is -1.31. The third-order valence-corrected chi connectivity index (χ3v) is 4.96. The summed E-state index contributed by atoms with van der Waals surface area (Å²) in [5.41, 5.74) is 0.502. The van der Waals surface area contributed by atoms with E-state index in [2.05, 4.69) is 15.5 Å². The van der Waals surface area contributed by atoms with E-state index in [4.69, 9.17) is 19.7 Å². The molecule has 2 aromatic rings. The van der Waals surface area contributed by atoms with E-state index >= 15 is 0 Å². The van der Waals surface area contributed by atoms with Gasteiger partial charge in [-0.1, -0.05) is 12.1 Å². The molecule has 194 valence electrons. The van der Waals surface area contributed by atoms with Gasteiger partial charge in [0.05, 0.1) is 37.1 Å². The molecule has 2 aromatic carbocycles. The maximum absolute atomic E-state index is 14.2. The molecule has 0 atom stereocenters. The van der Waals surface area contributed by atoms with Gasteiger partial charge < -0.3 is 30.3 Å². The number of rotatable bonds is 9. The van der Waals surface area contributed by atoms with E-state index < -0.39 is 30.1 Å². The van der Waals surface area contributed by atoms with E-state index in [-0.39, 0.29) is 11.5 Å². The first-order valence-electron chi connectivity index (χ1n) is 11.0. The summed E-state index contributed by atoms with van der Waals surface area (Å²) in [6.45, 7) is 4.29. The number of benzene rings is 2. The van der Waals surface area contributed by atoms with Crippen LogP contribution in [0.4, 0.5) is 10.1 Å². The van der Waals surface area contributed by atoms with Crippen LogP contribution >= 0.6 is 0 Å². The smallest absolute Gasteiger partial charge is 0.314 e. The number of carbonyl (C=O) groups excluding carboxylic acids is 2. The quantitative estimate of drug-likeness (QED) is 0.373. The van der Waals surface area contributed by atoms with Crippen LogP contribution < -0.4 is 15.4 Å². The van der Waals surface area contributed by atoms with Crippen LogP contribution in [-0.2, 0) is 14.3 Å². The topological polar surface area (TPSA) is 154 Å². The fraction of sp³-hybridized carbons (Fsp3) is 0.333. The largest absolute Gasteiger partial charge is 0.497 e. The number of ether oxygens (including phenoxy) is 2. The number of aliphatic carboxylic acids is 2. The van der Waals surface area contributed by atoms with Gasteiger partial charge in [-0.05, 0) is 24.3 Å². The van der Waals surface area contributed by atoms with E-state index in [0.29, 0.717) is 36.8 Å². The van der Waals surface area contributed by atoms with Crippen LogP contribution in [0.2, 0.25) is 0 Å². The SMILES string of the molecule is COc1ccc(C(=O)Nc2ccccc2C(=O)NCCN2CCOCC2)c(F)c1.O=C(O)CC(=O)O. The normalized spacial score (nSPS) is 13.1. The molecule has 1 aliphatic heterocycles. The Kier molecular flexibility index (Phi) is 11.3. The van der Waals surface area contributed by atoms with Crippen molar-refractivity contribution in [2.75, 3.05) is 51.8 Å². The summed E-state index contributed by atoms with van der Waals surface area (Å²) in [4.78, 5) is 46.1. The number of morpholine rings is 1. The maximum Gasteiger partial charge on any atom is 0.314 e. The predicted octanol–water partition coefficient (Wildman–Crippen LogP) is 1.69. The second kappa shape index (κ2) is 14.4. The Labute approximate surface area is 206 Å². The van der Waals surface area contributed by atoms with Crippen LogP contribution in [0, 0.1) is 5.82 Å². The molecule has 1 heterocycles. The summed E-state index contributed by atoms with van der Waals surface area (Å²) in [5.74, 6) is -3.95. The Morgan fingerprint density at radius 3 is 2.25 bits per heavy atom. The summed E-state index contributed by atoms with van der Waals surface area (Å²) >= 11 is 0. The molecular weight excluding hydrogens is 477 g/mol. The summed E-state index contributed by atoms with van der Waals surface area (Å²) < 4.78 is 24.4. The van der Waals surface area contributed by atoms with E-state index in [1.54, 1.807) is 24.3 Å². The van der Waals surface area contributed by atoms with Crippen molar-refractivity contribution in [1.29, 1.82) is 0 Å². The zero-order chi connectivity index (χ0) is 26.5. The van der Waals surface area contributed by atoms with Crippen molar-refractivity contribution in [3.63, 3.8) is 0 Å². The number of carboxylic acid groups (broad SMARTS) is 2. The number of carboxylic acids is 2. The Bertz CT molecular complexity index is 1060. The lowest BCUT2D eigenvalue weighted by atomic mass is 10.1. The van der Waals surface area contributed by atoms with Crippen molar-refractivity contribution < 1.29 is 43.3 Å². The molecule has 3 rings (SSSR count). The van der Waals surface area contributed by atoms with Crippen LogP contribution in [0.1, 0.15) is 27.1 Å². The average molecular weight is 505 g/mol. The van der Waals surface area contributed by atoms with Gasteiger partial charge >= 0.3 is 11.9 Å². The van der Waals surface area contributed by atoms with Gasteiger partial charge in [-0.15, -0.1) is 0 Å². The van der Waals surface area contributed by atoms with Crippen molar-refractivity contribution in [2.24, 2.45) is 0 Å². The van der Waals surface area contributed by atoms with Crippen LogP contribution in [0.25, 0.3) is 0 Å². The second-order valence-electron chi connectivity index (χ2n) is 7.52. The lowest BCUT2D eigenvalue weighted by Crippen LogP contribution is -2.41. The third kappa shape index (κ3) is 9.31. The first-order valence-corrected chi connectivity index (χ1v) is 11.0. The summed E-state index contributed by atoms with van der Waals surface area (Å²) in [7, 11) is 1.42. The lowest BCUT2D eigenvalue weighted by molar-refractivity contribution is -0.147. The molecule has 11 nitrogen and oxygen atoms in total. The summed E-state index contributed by atoms with van der Waals surface area (Å²) in [6.07, 6.45) is -0.806. The van der Waals surface area contributed by atoms with Crippen molar-refractivity contribution in [3.05, 3.63) is 59.4 Å². The molecule has 4 N–H and O–H groups in total. The molecule has 0 aromatic heterocycles. The molecular formula is C24H28FN3O8. The number of hydrogen-bond acceptors (Lipinski definition) is 7. The molecule has 1 saturated heterocycles. The monoisotopic (exact) mass is 505 g/mol. The molecule has 0 bridgehead atoms. The van der Waals surface area contributed by atoms with Crippen molar-refractivity contribution in [3.8, 4) is 5.75 Å². The molecule has 0 aliphatic carbocycles. The Morgan fingerprint density at radius 2 is 1.67 bits per heavy atom. The van der Waals surface area contributed by atoms with Crippen molar-refractivity contribution in [2.45, 2.75) is 6.42 Å². The van der Waals surface area contributed by atoms with E-state index in [1.165, 1.54) is 19.2 Å². The number of halogens is 1. The van der Waals surface area contributed by atoms with Gasteiger partial charge in [-0.3, -0.25) is 24.1 Å². The van der Waals surface area contributed by atoms with E-state index in [0.717, 1.165) is 25.7 Å². The van der Waals surface area contributed by atoms with Crippen molar-refractivity contribution in [1.82, 2.24) is 10.2 Å². The fourth-order valence-corrected chi connectivity index (χ4v) is 3.16. The summed E-state index contributed by atoms with van der Waals surface area (Å²) in [6, 6.07) is 10.6. The van der Waals surface area contributed by atoms with Gasteiger partial charge in [0.25, 0.3) is 11.8 Å². The zero-order valence-corrected chi connectivity index (χ0v) is 19.7. The minimum absolute atomic E-state index is 0.131. The summed E-state index contributed by atoms with van der Waals surface area (Å²) in [5, 5.41) is 20.9. The highest BCUT2D eigenvalue weighted by Crippen LogP contribution is 2.20. The van der Waals surface area contributed by atoms with Gasteiger partial charge in [0.1, 0.15) is 18.0 Å². The predicted molar refractivity (Wildman–Crippen MR) is 127 cm³/mol. The maximum atomic E-state index is 14.2. The second-order valence-corrected chi connectivity index (χ2v) is 7.52. The molecule has 0 unspecified atom stereocenters. The number of amides is 2. The molecule has 12 heteroatoms. The van der Waals surface area contributed by atoms with E-state index in [9.17, 15) is 23.6 Å². The molecule has 2 amide bonds. The highest BCUT2D eigenvalue weighted by molar-refractivity contribution is 6.09. The number of hydrogen-bond donors (Lipinski definition) is 4. The number of para-hydroxylation sites is 1. The van der Waals surface area contributed by atoms with Crippen LogP contribution in [0.15, 0.2) is 42.5 Å². The standard InChI is InChI=1S/C21H24FN3O4.C3H4O4/c1-28-15-6-7-16(18(22)14-15)21(27)24-19-5-3-2-4-17(19)20(26)23-8-9-25-10-12-29-13-11-25;4-2(5)1-3(6)7/h2-7,14H,8-13H2,1H3,(H,23,26)(H,24,27);1H2,(H,4,5)(H,6,7).